The first-order valence-corrected chi connectivity index (χ1v) is 8.01. The summed E-state index contributed by atoms with van der Waals surface area (Å²) in [4.78, 5) is 4.56. The molecule has 0 atom stereocenters. The number of aromatic nitrogens is 3. The zero-order valence-corrected chi connectivity index (χ0v) is 13.2. The number of nitrogens with zero attached hydrogens (tertiary/aromatic N) is 3. The number of thioether (sulfide) groups is 1. The summed E-state index contributed by atoms with van der Waals surface area (Å²) in [6.07, 6.45) is 2.00. The Bertz CT molecular complexity index is 847. The Morgan fingerprint density at radius 3 is 3.00 bits per heavy atom. The first kappa shape index (κ1) is 12.8. The number of rotatable bonds is 2. The summed E-state index contributed by atoms with van der Waals surface area (Å²) in [5.41, 5.74) is 4.97. The van der Waals surface area contributed by atoms with Crippen LogP contribution in [0.1, 0.15) is 5.69 Å². The molecule has 1 aliphatic heterocycles. The van der Waals surface area contributed by atoms with E-state index in [4.69, 9.17) is 4.74 Å². The van der Waals surface area contributed by atoms with Crippen molar-refractivity contribution in [1.29, 1.82) is 0 Å². The fourth-order valence-electron chi connectivity index (χ4n) is 3.12. The molecule has 1 aliphatic rings. The van der Waals surface area contributed by atoms with E-state index in [1.807, 2.05) is 24.0 Å². The van der Waals surface area contributed by atoms with Gasteiger partial charge in [-0.05, 0) is 25.1 Å². The molecule has 5 heteroatoms. The number of ether oxygens (including phenoxy) is 1. The fourth-order valence-corrected chi connectivity index (χ4v) is 4.05. The molecule has 2 aromatic heterocycles. The summed E-state index contributed by atoms with van der Waals surface area (Å²) in [6.45, 7) is 3.21. The largest absolute Gasteiger partial charge is 0.497 e. The maximum Gasteiger partial charge on any atom is 0.168 e. The van der Waals surface area contributed by atoms with Gasteiger partial charge >= 0.3 is 0 Å². The Hall–Kier alpha value is -1.88. The number of methoxy groups -OCH3 is 1. The predicted molar refractivity (Wildman–Crippen MR) is 86.2 cm³/mol. The van der Waals surface area contributed by atoms with E-state index < -0.39 is 0 Å². The van der Waals surface area contributed by atoms with Gasteiger partial charge in [0.1, 0.15) is 5.75 Å². The molecule has 0 unspecified atom stereocenters. The lowest BCUT2D eigenvalue weighted by Crippen LogP contribution is -1.97. The minimum atomic E-state index is 0.893. The van der Waals surface area contributed by atoms with Crippen LogP contribution in [0.2, 0.25) is 0 Å². The van der Waals surface area contributed by atoms with Crippen molar-refractivity contribution in [2.75, 3.05) is 12.9 Å². The Balaban J connectivity index is 2.05. The monoisotopic (exact) mass is 299 g/mol. The highest BCUT2D eigenvalue weighted by Gasteiger charge is 2.22. The standard InChI is InChI=1S/C16H17N3OS/c1-10-15(14-9-17-16-19(14)6-7-21-16)12-8-11(20-3)4-5-13(12)18(10)2/h4-5,8-9H,6-7H2,1-3H3. The van der Waals surface area contributed by atoms with Gasteiger partial charge in [-0.15, -0.1) is 0 Å². The molecule has 0 N–H and O–H groups in total. The van der Waals surface area contributed by atoms with Crippen LogP contribution in [0.5, 0.6) is 5.75 Å². The first-order valence-electron chi connectivity index (χ1n) is 7.02. The molecule has 0 bridgehead atoms. The van der Waals surface area contributed by atoms with Gasteiger partial charge in [-0.3, -0.25) is 0 Å². The molecule has 21 heavy (non-hydrogen) atoms. The third-order valence-electron chi connectivity index (χ3n) is 4.32. The molecule has 108 valence electrons. The van der Waals surface area contributed by atoms with E-state index in [1.54, 1.807) is 7.11 Å². The average molecular weight is 299 g/mol. The Morgan fingerprint density at radius 2 is 2.19 bits per heavy atom. The topological polar surface area (TPSA) is 32.0 Å². The van der Waals surface area contributed by atoms with Gasteiger partial charge in [-0.1, -0.05) is 11.8 Å². The number of fused-ring (bicyclic) bond motifs is 2. The number of benzene rings is 1. The van der Waals surface area contributed by atoms with Crippen molar-refractivity contribution < 1.29 is 4.74 Å². The first-order chi connectivity index (χ1) is 10.2. The lowest BCUT2D eigenvalue weighted by Gasteiger charge is -2.06. The SMILES string of the molecule is COc1ccc2c(c1)c(-c1cnc3n1CCS3)c(C)n2C. The molecule has 0 saturated carbocycles. The number of imidazole rings is 1. The zero-order valence-electron chi connectivity index (χ0n) is 12.4. The van der Waals surface area contributed by atoms with Crippen molar-refractivity contribution in [2.24, 2.45) is 7.05 Å². The van der Waals surface area contributed by atoms with E-state index in [0.717, 1.165) is 23.2 Å². The van der Waals surface area contributed by atoms with Crippen LogP contribution in [0.3, 0.4) is 0 Å². The average Bonchev–Trinajstić information content (AvgIpc) is 3.15. The van der Waals surface area contributed by atoms with E-state index in [0.29, 0.717) is 0 Å². The van der Waals surface area contributed by atoms with Crippen LogP contribution in [0.4, 0.5) is 0 Å². The third kappa shape index (κ3) is 1.73. The molecule has 0 saturated heterocycles. The highest BCUT2D eigenvalue weighted by molar-refractivity contribution is 7.99. The summed E-state index contributed by atoms with van der Waals surface area (Å²) in [5, 5.41) is 2.36. The molecule has 0 aliphatic carbocycles. The van der Waals surface area contributed by atoms with Crippen LogP contribution in [-0.4, -0.2) is 27.0 Å². The lowest BCUT2D eigenvalue weighted by molar-refractivity contribution is 0.415. The minimum Gasteiger partial charge on any atom is -0.497 e. The Kier molecular flexibility index (Phi) is 2.79. The summed E-state index contributed by atoms with van der Waals surface area (Å²) < 4.78 is 9.97. The summed E-state index contributed by atoms with van der Waals surface area (Å²) in [7, 11) is 3.83. The second kappa shape index (κ2) is 4.56. The van der Waals surface area contributed by atoms with Crippen LogP contribution in [0.25, 0.3) is 22.2 Å². The lowest BCUT2D eigenvalue weighted by atomic mass is 10.1. The van der Waals surface area contributed by atoms with Gasteiger partial charge in [0.15, 0.2) is 5.16 Å². The number of hydrogen-bond acceptors (Lipinski definition) is 3. The van der Waals surface area contributed by atoms with Gasteiger partial charge in [0.2, 0.25) is 0 Å². The van der Waals surface area contributed by atoms with Crippen LogP contribution in [-0.2, 0) is 13.6 Å². The molecule has 3 aromatic rings. The van der Waals surface area contributed by atoms with E-state index in [1.165, 1.54) is 27.9 Å². The van der Waals surface area contributed by atoms with Crippen LogP contribution < -0.4 is 4.74 Å². The molecule has 0 radical (unpaired) electrons. The third-order valence-corrected chi connectivity index (χ3v) is 5.29. The quantitative estimate of drug-likeness (QED) is 0.726. The molecule has 0 fully saturated rings. The summed E-state index contributed by atoms with van der Waals surface area (Å²) >= 11 is 1.83. The molecule has 4 nitrogen and oxygen atoms in total. The van der Waals surface area contributed by atoms with E-state index in [9.17, 15) is 0 Å². The second-order valence-corrected chi connectivity index (χ2v) is 6.39. The van der Waals surface area contributed by atoms with E-state index in [2.05, 4.69) is 40.2 Å². The van der Waals surface area contributed by atoms with Gasteiger partial charge in [0.25, 0.3) is 0 Å². The summed E-state index contributed by atoms with van der Waals surface area (Å²) in [5.74, 6) is 2.01. The summed E-state index contributed by atoms with van der Waals surface area (Å²) in [6, 6.07) is 6.27. The highest BCUT2D eigenvalue weighted by Crippen LogP contribution is 2.39. The van der Waals surface area contributed by atoms with Crippen molar-refractivity contribution in [2.45, 2.75) is 18.6 Å². The number of aryl methyl sites for hydroxylation is 1. The van der Waals surface area contributed by atoms with Crippen molar-refractivity contribution in [1.82, 2.24) is 14.1 Å². The van der Waals surface area contributed by atoms with E-state index >= 15 is 0 Å². The van der Waals surface area contributed by atoms with Crippen LogP contribution in [0, 0.1) is 6.92 Å². The van der Waals surface area contributed by atoms with Crippen molar-refractivity contribution in [3.63, 3.8) is 0 Å². The fraction of sp³-hybridized carbons (Fsp3) is 0.312. The molecule has 0 spiro atoms. The van der Waals surface area contributed by atoms with Crippen molar-refractivity contribution in [3.8, 4) is 17.0 Å². The smallest absolute Gasteiger partial charge is 0.168 e. The van der Waals surface area contributed by atoms with Gasteiger partial charge in [-0.25, -0.2) is 4.98 Å². The van der Waals surface area contributed by atoms with Crippen molar-refractivity contribution >= 4 is 22.7 Å². The molecule has 0 amide bonds. The number of hydrogen-bond donors (Lipinski definition) is 0. The van der Waals surface area contributed by atoms with Gasteiger partial charge in [-0.2, -0.15) is 0 Å². The van der Waals surface area contributed by atoms with Crippen molar-refractivity contribution in [3.05, 3.63) is 30.1 Å². The predicted octanol–water partition coefficient (Wildman–Crippen LogP) is 3.46. The maximum atomic E-state index is 5.40. The Labute approximate surface area is 127 Å². The zero-order chi connectivity index (χ0) is 14.6. The minimum absolute atomic E-state index is 0.893. The normalized spacial score (nSPS) is 13.9. The highest BCUT2D eigenvalue weighted by atomic mass is 32.2. The molecular formula is C16H17N3OS. The van der Waals surface area contributed by atoms with Gasteiger partial charge in [0, 0.05) is 41.5 Å². The molecule has 1 aromatic carbocycles. The van der Waals surface area contributed by atoms with Gasteiger partial charge < -0.3 is 13.9 Å². The van der Waals surface area contributed by atoms with Gasteiger partial charge in [0.05, 0.1) is 19.0 Å². The maximum absolute atomic E-state index is 5.40. The molecular weight excluding hydrogens is 282 g/mol. The van der Waals surface area contributed by atoms with E-state index in [-0.39, 0.29) is 0 Å². The van der Waals surface area contributed by atoms with Crippen LogP contribution >= 0.6 is 11.8 Å². The molecule has 3 heterocycles. The molecule has 4 rings (SSSR count). The Morgan fingerprint density at radius 1 is 1.33 bits per heavy atom. The second-order valence-electron chi connectivity index (χ2n) is 5.33. The van der Waals surface area contributed by atoms with Crippen LogP contribution in [0.15, 0.2) is 29.6 Å².